The van der Waals surface area contributed by atoms with E-state index in [1.165, 1.54) is 7.11 Å². The molecule has 0 bridgehead atoms. The summed E-state index contributed by atoms with van der Waals surface area (Å²) in [6.45, 7) is 3.66. The number of ether oxygens (including phenoxy) is 2. The van der Waals surface area contributed by atoms with Gasteiger partial charge >= 0.3 is 5.97 Å². The number of carbonyl (C=O) groups excluding carboxylic acids is 1. The van der Waals surface area contributed by atoms with Gasteiger partial charge in [-0.15, -0.1) is 0 Å². The van der Waals surface area contributed by atoms with E-state index >= 15 is 0 Å². The molecule has 0 fully saturated rings. The lowest BCUT2D eigenvalue weighted by Gasteiger charge is -2.13. The number of hydrogen-bond acceptors (Lipinski definition) is 4. The molecule has 0 aliphatic heterocycles. The molecule has 0 aliphatic carbocycles. The Hall–Kier alpha value is -2.85. The van der Waals surface area contributed by atoms with Gasteiger partial charge in [0.05, 0.1) is 18.3 Å². The first kappa shape index (κ1) is 18.9. The molecular weight excluding hydrogens is 362 g/mol. The number of halogens is 1. The molecule has 2 aromatic carbocycles. The van der Waals surface area contributed by atoms with E-state index < -0.39 is 12.1 Å². The lowest BCUT2D eigenvalue weighted by atomic mass is 10.1. The highest BCUT2D eigenvalue weighted by Crippen LogP contribution is 2.24. The van der Waals surface area contributed by atoms with E-state index in [0.29, 0.717) is 10.8 Å². The number of rotatable bonds is 5. The zero-order chi connectivity index (χ0) is 19.4. The summed E-state index contributed by atoms with van der Waals surface area (Å²) < 4.78 is 10.3. The van der Waals surface area contributed by atoms with Gasteiger partial charge in [-0.1, -0.05) is 35.9 Å². The SMILES string of the molecule is COC(=O)C(C)Oc1cccc(/C(C)=C\c2ccc3ccc(Cl)cc3n2)c1. The van der Waals surface area contributed by atoms with Crippen LogP contribution in [0.25, 0.3) is 22.6 Å². The minimum atomic E-state index is -0.665. The zero-order valence-electron chi connectivity index (χ0n) is 15.4. The molecule has 1 unspecified atom stereocenters. The maximum Gasteiger partial charge on any atom is 0.346 e. The minimum Gasteiger partial charge on any atom is -0.479 e. The fourth-order valence-electron chi connectivity index (χ4n) is 2.72. The Balaban J connectivity index is 1.85. The summed E-state index contributed by atoms with van der Waals surface area (Å²) >= 11 is 6.06. The summed E-state index contributed by atoms with van der Waals surface area (Å²) in [5.41, 5.74) is 3.71. The van der Waals surface area contributed by atoms with Crippen molar-refractivity contribution in [3.63, 3.8) is 0 Å². The van der Waals surface area contributed by atoms with Gasteiger partial charge in [0.25, 0.3) is 0 Å². The standard InChI is InChI=1S/C22H20ClNO3/c1-14(11-19-10-8-16-7-9-18(23)13-21(16)24-19)17-5-4-6-20(12-17)27-15(2)22(25)26-3/h4-13,15H,1-3H3/b14-11-. The topological polar surface area (TPSA) is 48.4 Å². The molecule has 27 heavy (non-hydrogen) atoms. The van der Waals surface area contributed by atoms with Crippen LogP contribution in [-0.2, 0) is 9.53 Å². The average Bonchev–Trinajstić information content (AvgIpc) is 2.67. The monoisotopic (exact) mass is 381 g/mol. The van der Waals surface area contributed by atoms with E-state index in [0.717, 1.165) is 27.7 Å². The maximum absolute atomic E-state index is 11.5. The van der Waals surface area contributed by atoms with E-state index in [-0.39, 0.29) is 0 Å². The van der Waals surface area contributed by atoms with Crippen molar-refractivity contribution in [2.24, 2.45) is 0 Å². The molecule has 0 aliphatic rings. The van der Waals surface area contributed by atoms with Crippen LogP contribution in [0.1, 0.15) is 25.1 Å². The summed E-state index contributed by atoms with van der Waals surface area (Å²) in [4.78, 5) is 16.2. The number of allylic oxidation sites excluding steroid dienone is 1. The Morgan fingerprint density at radius 2 is 1.93 bits per heavy atom. The van der Waals surface area contributed by atoms with Crippen LogP contribution in [0.5, 0.6) is 5.75 Å². The van der Waals surface area contributed by atoms with Gasteiger partial charge in [-0.3, -0.25) is 0 Å². The molecular formula is C22H20ClNO3. The van der Waals surface area contributed by atoms with Crippen LogP contribution < -0.4 is 4.74 Å². The summed E-state index contributed by atoms with van der Waals surface area (Å²) in [6.07, 6.45) is 1.34. The van der Waals surface area contributed by atoms with Crippen molar-refractivity contribution < 1.29 is 14.3 Å². The van der Waals surface area contributed by atoms with Gasteiger partial charge in [-0.25, -0.2) is 9.78 Å². The van der Waals surface area contributed by atoms with Crippen molar-refractivity contribution in [3.8, 4) is 5.75 Å². The largest absolute Gasteiger partial charge is 0.479 e. The third-order valence-corrected chi connectivity index (χ3v) is 4.41. The fourth-order valence-corrected chi connectivity index (χ4v) is 2.89. The molecule has 0 N–H and O–H groups in total. The molecule has 0 saturated heterocycles. The number of aromatic nitrogens is 1. The lowest BCUT2D eigenvalue weighted by Crippen LogP contribution is -2.24. The first-order valence-electron chi connectivity index (χ1n) is 8.56. The number of fused-ring (bicyclic) bond motifs is 1. The Kier molecular flexibility index (Phi) is 5.77. The van der Waals surface area contributed by atoms with Crippen molar-refractivity contribution >= 4 is 40.1 Å². The molecule has 3 rings (SSSR count). The maximum atomic E-state index is 11.5. The van der Waals surface area contributed by atoms with E-state index in [1.54, 1.807) is 6.92 Å². The number of carbonyl (C=O) groups is 1. The number of hydrogen-bond donors (Lipinski definition) is 0. The van der Waals surface area contributed by atoms with Crippen LogP contribution >= 0.6 is 11.6 Å². The lowest BCUT2D eigenvalue weighted by molar-refractivity contribution is -0.147. The van der Waals surface area contributed by atoms with Gasteiger partial charge in [0.1, 0.15) is 5.75 Å². The van der Waals surface area contributed by atoms with Gasteiger partial charge in [-0.05, 0) is 61.4 Å². The highest BCUT2D eigenvalue weighted by molar-refractivity contribution is 6.31. The first-order chi connectivity index (χ1) is 13.0. The smallest absolute Gasteiger partial charge is 0.346 e. The normalized spacial score (nSPS) is 12.7. The molecule has 4 nitrogen and oxygen atoms in total. The van der Waals surface area contributed by atoms with Gasteiger partial charge in [0, 0.05) is 10.4 Å². The van der Waals surface area contributed by atoms with E-state index in [4.69, 9.17) is 21.1 Å². The fraction of sp³-hybridized carbons (Fsp3) is 0.182. The second-order valence-corrected chi connectivity index (χ2v) is 6.65. The first-order valence-corrected chi connectivity index (χ1v) is 8.93. The summed E-state index contributed by atoms with van der Waals surface area (Å²) in [7, 11) is 1.34. The predicted octanol–water partition coefficient (Wildman–Crippen LogP) is 5.39. The molecule has 1 heterocycles. The van der Waals surface area contributed by atoms with E-state index in [9.17, 15) is 4.79 Å². The Labute approximate surface area is 163 Å². The van der Waals surface area contributed by atoms with Crippen LogP contribution in [0.3, 0.4) is 0 Å². The number of nitrogens with zero attached hydrogens (tertiary/aromatic N) is 1. The second-order valence-electron chi connectivity index (χ2n) is 6.21. The number of esters is 1. The van der Waals surface area contributed by atoms with Gasteiger partial charge in [0.2, 0.25) is 0 Å². The van der Waals surface area contributed by atoms with Gasteiger partial charge < -0.3 is 9.47 Å². The second kappa shape index (κ2) is 8.23. The van der Waals surface area contributed by atoms with Crippen molar-refractivity contribution in [3.05, 3.63) is 70.9 Å². The molecule has 0 saturated carbocycles. The number of methoxy groups -OCH3 is 1. The Morgan fingerprint density at radius 3 is 2.70 bits per heavy atom. The molecule has 1 atom stereocenters. The Bertz CT molecular complexity index is 1010. The van der Waals surface area contributed by atoms with Crippen LogP contribution in [0.15, 0.2) is 54.6 Å². The zero-order valence-corrected chi connectivity index (χ0v) is 16.2. The predicted molar refractivity (Wildman–Crippen MR) is 109 cm³/mol. The molecule has 5 heteroatoms. The van der Waals surface area contributed by atoms with Crippen molar-refractivity contribution in [2.75, 3.05) is 7.11 Å². The number of benzene rings is 2. The quantitative estimate of drug-likeness (QED) is 0.556. The van der Waals surface area contributed by atoms with Crippen molar-refractivity contribution in [1.82, 2.24) is 4.98 Å². The minimum absolute atomic E-state index is 0.410. The average molecular weight is 382 g/mol. The van der Waals surface area contributed by atoms with Gasteiger partial charge in [0.15, 0.2) is 6.10 Å². The molecule has 0 spiro atoms. The Morgan fingerprint density at radius 1 is 1.15 bits per heavy atom. The molecule has 0 radical (unpaired) electrons. The third-order valence-electron chi connectivity index (χ3n) is 4.18. The van der Waals surface area contributed by atoms with Crippen molar-refractivity contribution in [1.29, 1.82) is 0 Å². The van der Waals surface area contributed by atoms with E-state index in [1.807, 2.05) is 67.6 Å². The van der Waals surface area contributed by atoms with Crippen LogP contribution in [0.4, 0.5) is 0 Å². The molecule has 0 amide bonds. The molecule has 1 aromatic heterocycles. The highest BCUT2D eigenvalue weighted by Gasteiger charge is 2.14. The summed E-state index contributed by atoms with van der Waals surface area (Å²) in [5.74, 6) is 0.197. The summed E-state index contributed by atoms with van der Waals surface area (Å²) in [5, 5.41) is 1.71. The summed E-state index contributed by atoms with van der Waals surface area (Å²) in [6, 6.07) is 17.2. The van der Waals surface area contributed by atoms with Crippen LogP contribution in [0, 0.1) is 0 Å². The molecule has 138 valence electrons. The highest BCUT2D eigenvalue weighted by atomic mass is 35.5. The van der Waals surface area contributed by atoms with Gasteiger partial charge in [-0.2, -0.15) is 0 Å². The van der Waals surface area contributed by atoms with E-state index in [2.05, 4.69) is 4.98 Å². The van der Waals surface area contributed by atoms with Crippen LogP contribution in [-0.4, -0.2) is 24.2 Å². The molecule has 3 aromatic rings. The third kappa shape index (κ3) is 4.66. The van der Waals surface area contributed by atoms with Crippen molar-refractivity contribution in [2.45, 2.75) is 20.0 Å². The number of pyridine rings is 1. The van der Waals surface area contributed by atoms with Crippen LogP contribution in [0.2, 0.25) is 5.02 Å².